The van der Waals surface area contributed by atoms with Crippen molar-refractivity contribution in [1.29, 1.82) is 0 Å². The minimum absolute atomic E-state index is 0.0324. The van der Waals surface area contributed by atoms with Gasteiger partial charge in [0.05, 0.1) is 13.0 Å². The van der Waals surface area contributed by atoms with Gasteiger partial charge >= 0.3 is 5.97 Å². The molecule has 0 radical (unpaired) electrons. The number of aliphatic hydroxyl groups excluding tert-OH is 1. The summed E-state index contributed by atoms with van der Waals surface area (Å²) < 4.78 is 4.54. The molecule has 0 aromatic heterocycles. The average molecular weight is 144 g/mol. The van der Waals surface area contributed by atoms with E-state index in [2.05, 4.69) is 4.74 Å². The Morgan fingerprint density at radius 2 is 2.40 bits per heavy atom. The molecular formula is C7H12O3. The number of carbonyl (C=O) groups excluding carboxylic acids is 1. The van der Waals surface area contributed by atoms with Gasteiger partial charge in [-0.05, 0) is 18.8 Å². The Bertz CT molecular complexity index is 131. The van der Waals surface area contributed by atoms with E-state index < -0.39 is 0 Å². The molecule has 0 heterocycles. The molecule has 1 aliphatic carbocycles. The van der Waals surface area contributed by atoms with E-state index in [1.165, 1.54) is 7.11 Å². The molecular weight excluding hydrogens is 132 g/mol. The van der Waals surface area contributed by atoms with Crippen LogP contribution >= 0.6 is 0 Å². The van der Waals surface area contributed by atoms with Crippen LogP contribution < -0.4 is 0 Å². The van der Waals surface area contributed by atoms with Crippen LogP contribution in [0.25, 0.3) is 0 Å². The fraction of sp³-hybridized carbons (Fsp3) is 0.857. The largest absolute Gasteiger partial charge is 0.469 e. The molecule has 3 nitrogen and oxygen atoms in total. The molecule has 1 saturated carbocycles. The number of esters is 1. The molecule has 0 spiro atoms. The van der Waals surface area contributed by atoms with Crippen molar-refractivity contribution in [2.75, 3.05) is 13.7 Å². The van der Waals surface area contributed by atoms with Crippen molar-refractivity contribution in [3.8, 4) is 0 Å². The van der Waals surface area contributed by atoms with Gasteiger partial charge in [0, 0.05) is 6.61 Å². The van der Waals surface area contributed by atoms with Gasteiger partial charge in [0.1, 0.15) is 0 Å². The Morgan fingerprint density at radius 1 is 1.70 bits per heavy atom. The lowest BCUT2D eigenvalue weighted by Gasteiger charge is -2.32. The number of hydrogen-bond acceptors (Lipinski definition) is 3. The lowest BCUT2D eigenvalue weighted by Crippen LogP contribution is -2.35. The van der Waals surface area contributed by atoms with Crippen molar-refractivity contribution in [3.05, 3.63) is 0 Å². The van der Waals surface area contributed by atoms with Crippen LogP contribution in [0.4, 0.5) is 0 Å². The molecule has 58 valence electrons. The number of rotatable bonds is 2. The average Bonchev–Trinajstić information content (AvgIpc) is 1.86. The van der Waals surface area contributed by atoms with Crippen molar-refractivity contribution in [2.45, 2.75) is 12.8 Å². The quantitative estimate of drug-likeness (QED) is 0.562. The molecule has 0 aliphatic heterocycles. The van der Waals surface area contributed by atoms with Crippen LogP contribution in [0.15, 0.2) is 0 Å². The molecule has 0 aromatic rings. The molecule has 3 heteroatoms. The first kappa shape index (κ1) is 7.54. The van der Waals surface area contributed by atoms with Gasteiger partial charge in [0.2, 0.25) is 0 Å². The van der Waals surface area contributed by atoms with E-state index in [1.54, 1.807) is 0 Å². The maximum Gasteiger partial charge on any atom is 0.309 e. The van der Waals surface area contributed by atoms with Crippen LogP contribution in [0.2, 0.25) is 0 Å². The van der Waals surface area contributed by atoms with Gasteiger partial charge < -0.3 is 9.84 Å². The van der Waals surface area contributed by atoms with Gasteiger partial charge in [0.15, 0.2) is 0 Å². The topological polar surface area (TPSA) is 46.5 Å². The summed E-state index contributed by atoms with van der Waals surface area (Å²) in [6.45, 7) is 0.111. The zero-order chi connectivity index (χ0) is 7.56. The zero-order valence-electron chi connectivity index (χ0n) is 6.04. The number of ether oxygens (including phenoxy) is 1. The summed E-state index contributed by atoms with van der Waals surface area (Å²) in [5, 5.41) is 8.69. The van der Waals surface area contributed by atoms with E-state index >= 15 is 0 Å². The van der Waals surface area contributed by atoms with E-state index in [-0.39, 0.29) is 24.4 Å². The summed E-state index contributed by atoms with van der Waals surface area (Å²) >= 11 is 0. The van der Waals surface area contributed by atoms with E-state index in [9.17, 15) is 4.79 Å². The van der Waals surface area contributed by atoms with Crippen LogP contribution in [0.5, 0.6) is 0 Å². The first-order valence-electron chi connectivity index (χ1n) is 3.48. The SMILES string of the molecule is COC(=O)C1CCC1CO. The molecule has 0 saturated heterocycles. The van der Waals surface area contributed by atoms with Crippen molar-refractivity contribution in [2.24, 2.45) is 11.8 Å². The summed E-state index contributed by atoms with van der Waals surface area (Å²) in [5.74, 6) is -0.0484. The molecule has 1 rings (SSSR count). The fourth-order valence-corrected chi connectivity index (χ4v) is 1.25. The summed E-state index contributed by atoms with van der Waals surface area (Å²) in [5.41, 5.74) is 0. The summed E-state index contributed by atoms with van der Waals surface area (Å²) in [6, 6.07) is 0. The predicted octanol–water partition coefficient (Wildman–Crippen LogP) is 0.178. The van der Waals surface area contributed by atoms with Crippen LogP contribution in [-0.2, 0) is 9.53 Å². The molecule has 10 heavy (non-hydrogen) atoms. The lowest BCUT2D eigenvalue weighted by molar-refractivity contribution is -0.152. The molecule has 0 bridgehead atoms. The summed E-state index contributed by atoms with van der Waals surface area (Å²) in [4.78, 5) is 10.8. The second kappa shape index (κ2) is 3.01. The maximum atomic E-state index is 10.8. The van der Waals surface area contributed by atoms with Gasteiger partial charge in [-0.3, -0.25) is 4.79 Å². The number of methoxy groups -OCH3 is 1. The normalized spacial score (nSPS) is 31.0. The van der Waals surface area contributed by atoms with E-state index in [0.29, 0.717) is 0 Å². The highest BCUT2D eigenvalue weighted by atomic mass is 16.5. The second-order valence-corrected chi connectivity index (χ2v) is 2.65. The molecule has 2 unspecified atom stereocenters. The molecule has 1 N–H and O–H groups in total. The first-order valence-corrected chi connectivity index (χ1v) is 3.48. The highest BCUT2D eigenvalue weighted by Crippen LogP contribution is 2.34. The van der Waals surface area contributed by atoms with Gasteiger partial charge in [-0.1, -0.05) is 0 Å². The molecule has 1 aliphatic rings. The molecule has 1 fully saturated rings. The third-order valence-electron chi connectivity index (χ3n) is 2.16. The predicted molar refractivity (Wildman–Crippen MR) is 35.3 cm³/mol. The number of aliphatic hydroxyl groups is 1. The van der Waals surface area contributed by atoms with Crippen molar-refractivity contribution >= 4 is 5.97 Å². The van der Waals surface area contributed by atoms with Crippen LogP contribution in [0, 0.1) is 11.8 Å². The Morgan fingerprint density at radius 3 is 2.70 bits per heavy atom. The minimum atomic E-state index is -0.176. The molecule has 0 aromatic carbocycles. The van der Waals surface area contributed by atoms with Crippen LogP contribution in [-0.4, -0.2) is 24.8 Å². The molecule has 0 amide bonds. The van der Waals surface area contributed by atoms with Crippen LogP contribution in [0.1, 0.15) is 12.8 Å². The Kier molecular flexibility index (Phi) is 2.27. The second-order valence-electron chi connectivity index (χ2n) is 2.65. The van der Waals surface area contributed by atoms with Gasteiger partial charge in [-0.25, -0.2) is 0 Å². The summed E-state index contributed by atoms with van der Waals surface area (Å²) in [7, 11) is 1.38. The smallest absolute Gasteiger partial charge is 0.309 e. The van der Waals surface area contributed by atoms with Gasteiger partial charge in [-0.2, -0.15) is 0 Å². The van der Waals surface area contributed by atoms with Gasteiger partial charge in [-0.15, -0.1) is 0 Å². The van der Waals surface area contributed by atoms with E-state index in [1.807, 2.05) is 0 Å². The first-order chi connectivity index (χ1) is 4.79. The Labute approximate surface area is 60.0 Å². The van der Waals surface area contributed by atoms with Crippen molar-refractivity contribution < 1.29 is 14.6 Å². The van der Waals surface area contributed by atoms with Crippen LogP contribution in [0.3, 0.4) is 0 Å². The van der Waals surface area contributed by atoms with Crippen molar-refractivity contribution in [3.63, 3.8) is 0 Å². The standard InChI is InChI=1S/C7H12O3/c1-10-7(9)6-3-2-5(6)4-8/h5-6,8H,2-4H2,1H3. The monoisotopic (exact) mass is 144 g/mol. The Balaban J connectivity index is 2.35. The lowest BCUT2D eigenvalue weighted by atomic mass is 9.74. The highest BCUT2D eigenvalue weighted by molar-refractivity contribution is 5.73. The number of hydrogen-bond donors (Lipinski definition) is 1. The molecule has 2 atom stereocenters. The highest BCUT2D eigenvalue weighted by Gasteiger charge is 2.36. The summed E-state index contributed by atoms with van der Waals surface area (Å²) in [6.07, 6.45) is 1.83. The maximum absolute atomic E-state index is 10.8. The van der Waals surface area contributed by atoms with Crippen molar-refractivity contribution in [1.82, 2.24) is 0 Å². The zero-order valence-corrected chi connectivity index (χ0v) is 6.04. The van der Waals surface area contributed by atoms with Gasteiger partial charge in [0.25, 0.3) is 0 Å². The fourth-order valence-electron chi connectivity index (χ4n) is 1.25. The minimum Gasteiger partial charge on any atom is -0.469 e. The third kappa shape index (κ3) is 1.14. The third-order valence-corrected chi connectivity index (χ3v) is 2.16. The van der Waals surface area contributed by atoms with E-state index in [0.717, 1.165) is 12.8 Å². The number of carbonyl (C=O) groups is 1. The van der Waals surface area contributed by atoms with E-state index in [4.69, 9.17) is 5.11 Å². The Hall–Kier alpha value is -0.570.